The average molecular weight is 258 g/mol. The molecule has 0 unspecified atom stereocenters. The number of nitrogens with one attached hydrogen (secondary N) is 1. The average Bonchev–Trinajstić information content (AvgIpc) is 2.40. The Morgan fingerprint density at radius 1 is 1.06 bits per heavy atom. The van der Waals surface area contributed by atoms with Crippen LogP contribution in [0.2, 0.25) is 0 Å². The van der Waals surface area contributed by atoms with Crippen LogP contribution in [0.3, 0.4) is 0 Å². The Morgan fingerprint density at radius 3 is 2.22 bits per heavy atom. The fourth-order valence-electron chi connectivity index (χ4n) is 1.46. The third-order valence-electron chi connectivity index (χ3n) is 2.37. The summed E-state index contributed by atoms with van der Waals surface area (Å²) in [7, 11) is 0. The van der Waals surface area contributed by atoms with E-state index in [0.717, 1.165) is 11.3 Å². The molecule has 2 rings (SSSR count). The summed E-state index contributed by atoms with van der Waals surface area (Å²) < 4.78 is 0. The van der Waals surface area contributed by atoms with E-state index in [1.165, 1.54) is 12.1 Å². The van der Waals surface area contributed by atoms with E-state index in [2.05, 4.69) is 5.32 Å². The van der Waals surface area contributed by atoms with Crippen LogP contribution in [0, 0.1) is 10.1 Å². The number of thiocarbonyl (C=S) groups is 1. The third-order valence-corrected chi connectivity index (χ3v) is 2.71. The maximum Gasteiger partial charge on any atom is 0.269 e. The minimum absolute atomic E-state index is 0.0613. The van der Waals surface area contributed by atoms with Gasteiger partial charge in [0.15, 0.2) is 0 Å². The van der Waals surface area contributed by atoms with Crippen LogP contribution in [0.1, 0.15) is 5.56 Å². The van der Waals surface area contributed by atoms with Crippen molar-refractivity contribution in [3.63, 3.8) is 0 Å². The molecule has 1 N–H and O–H groups in total. The SMILES string of the molecule is O=[N+]([O-])c1ccc(NC(=S)c2ccccc2)cc1. The van der Waals surface area contributed by atoms with Gasteiger partial charge in [0, 0.05) is 23.4 Å². The highest BCUT2D eigenvalue weighted by Crippen LogP contribution is 2.16. The van der Waals surface area contributed by atoms with Crippen LogP contribution in [-0.2, 0) is 0 Å². The van der Waals surface area contributed by atoms with Gasteiger partial charge < -0.3 is 5.32 Å². The van der Waals surface area contributed by atoms with Crippen molar-refractivity contribution in [2.45, 2.75) is 0 Å². The molecule has 0 aliphatic heterocycles. The van der Waals surface area contributed by atoms with E-state index in [9.17, 15) is 10.1 Å². The second-order valence-corrected chi connectivity index (χ2v) is 4.03. The van der Waals surface area contributed by atoms with E-state index in [1.807, 2.05) is 30.3 Å². The molecule has 0 aliphatic rings. The first kappa shape index (κ1) is 12.2. The maximum absolute atomic E-state index is 10.5. The third kappa shape index (κ3) is 2.89. The summed E-state index contributed by atoms with van der Waals surface area (Å²) in [6.45, 7) is 0. The van der Waals surface area contributed by atoms with Crippen molar-refractivity contribution in [3.05, 3.63) is 70.3 Å². The molecular formula is C13H10N2O2S. The van der Waals surface area contributed by atoms with Crippen LogP contribution >= 0.6 is 12.2 Å². The summed E-state index contributed by atoms with van der Waals surface area (Å²) >= 11 is 5.24. The molecule has 0 aromatic heterocycles. The van der Waals surface area contributed by atoms with Crippen LogP contribution in [0.5, 0.6) is 0 Å². The quantitative estimate of drug-likeness (QED) is 0.521. The van der Waals surface area contributed by atoms with Crippen molar-refractivity contribution >= 4 is 28.6 Å². The molecule has 18 heavy (non-hydrogen) atoms. The topological polar surface area (TPSA) is 55.2 Å². The van der Waals surface area contributed by atoms with Gasteiger partial charge in [-0.2, -0.15) is 0 Å². The standard InChI is InChI=1S/C13H10N2O2S/c16-15(17)12-8-6-11(7-9-12)14-13(18)10-4-2-1-3-5-10/h1-9H,(H,14,18). The lowest BCUT2D eigenvalue weighted by Crippen LogP contribution is -2.10. The summed E-state index contributed by atoms with van der Waals surface area (Å²) in [6.07, 6.45) is 0. The molecule has 2 aromatic rings. The Bertz CT molecular complexity index is 567. The Kier molecular flexibility index (Phi) is 3.64. The van der Waals surface area contributed by atoms with Crippen LogP contribution in [0.15, 0.2) is 54.6 Å². The lowest BCUT2D eigenvalue weighted by atomic mass is 10.2. The molecule has 0 aliphatic carbocycles. The van der Waals surface area contributed by atoms with Gasteiger partial charge >= 0.3 is 0 Å². The highest BCUT2D eigenvalue weighted by molar-refractivity contribution is 7.81. The van der Waals surface area contributed by atoms with Gasteiger partial charge in [-0.25, -0.2) is 0 Å². The molecule has 0 heterocycles. The Morgan fingerprint density at radius 2 is 1.67 bits per heavy atom. The molecule has 5 heteroatoms. The zero-order valence-electron chi connectivity index (χ0n) is 9.37. The first-order chi connectivity index (χ1) is 8.66. The Balaban J connectivity index is 2.10. The van der Waals surface area contributed by atoms with Gasteiger partial charge in [-0.05, 0) is 12.1 Å². The number of hydrogen-bond donors (Lipinski definition) is 1. The zero-order chi connectivity index (χ0) is 13.0. The summed E-state index contributed by atoms with van der Waals surface area (Å²) in [5.41, 5.74) is 1.70. The van der Waals surface area contributed by atoms with E-state index < -0.39 is 4.92 Å². The van der Waals surface area contributed by atoms with Crippen LogP contribution < -0.4 is 5.32 Å². The van der Waals surface area contributed by atoms with Gasteiger partial charge in [-0.15, -0.1) is 0 Å². The van der Waals surface area contributed by atoms with E-state index in [0.29, 0.717) is 4.99 Å². The monoisotopic (exact) mass is 258 g/mol. The maximum atomic E-state index is 10.5. The molecule has 0 saturated heterocycles. The molecule has 2 aromatic carbocycles. The molecule has 0 saturated carbocycles. The van der Waals surface area contributed by atoms with E-state index in [4.69, 9.17) is 12.2 Å². The van der Waals surface area contributed by atoms with Crippen molar-refractivity contribution < 1.29 is 4.92 Å². The highest BCUT2D eigenvalue weighted by atomic mass is 32.1. The van der Waals surface area contributed by atoms with Crippen molar-refractivity contribution in [3.8, 4) is 0 Å². The van der Waals surface area contributed by atoms with Gasteiger partial charge in [0.05, 0.1) is 4.92 Å². The van der Waals surface area contributed by atoms with Gasteiger partial charge in [0.1, 0.15) is 4.99 Å². The predicted molar refractivity (Wildman–Crippen MR) is 74.9 cm³/mol. The smallest absolute Gasteiger partial charge is 0.269 e. The summed E-state index contributed by atoms with van der Waals surface area (Å²) in [5.74, 6) is 0. The number of anilines is 1. The van der Waals surface area contributed by atoms with Gasteiger partial charge in [0.25, 0.3) is 5.69 Å². The molecule has 90 valence electrons. The summed E-state index contributed by atoms with van der Waals surface area (Å²) in [5, 5.41) is 13.5. The zero-order valence-corrected chi connectivity index (χ0v) is 10.2. The first-order valence-electron chi connectivity index (χ1n) is 5.27. The van der Waals surface area contributed by atoms with Crippen LogP contribution in [0.25, 0.3) is 0 Å². The van der Waals surface area contributed by atoms with Crippen molar-refractivity contribution in [1.29, 1.82) is 0 Å². The highest BCUT2D eigenvalue weighted by Gasteiger charge is 2.05. The van der Waals surface area contributed by atoms with Gasteiger partial charge in [-0.1, -0.05) is 42.5 Å². The summed E-state index contributed by atoms with van der Waals surface area (Å²) in [4.78, 5) is 10.7. The van der Waals surface area contributed by atoms with Gasteiger partial charge in [0.2, 0.25) is 0 Å². The second kappa shape index (κ2) is 5.37. The Hall–Kier alpha value is -2.27. The molecule has 0 amide bonds. The number of nitro groups is 1. The summed E-state index contributed by atoms with van der Waals surface area (Å²) in [6, 6.07) is 15.7. The number of benzene rings is 2. The second-order valence-electron chi connectivity index (χ2n) is 3.62. The Labute approximate surface area is 109 Å². The lowest BCUT2D eigenvalue weighted by Gasteiger charge is -2.07. The van der Waals surface area contributed by atoms with E-state index in [1.54, 1.807) is 12.1 Å². The molecule has 0 bridgehead atoms. The molecule has 4 nitrogen and oxygen atoms in total. The number of nitrogens with zero attached hydrogens (tertiary/aromatic N) is 1. The van der Waals surface area contributed by atoms with Crippen molar-refractivity contribution in [2.75, 3.05) is 5.32 Å². The van der Waals surface area contributed by atoms with Crippen LogP contribution in [0.4, 0.5) is 11.4 Å². The van der Waals surface area contributed by atoms with Crippen molar-refractivity contribution in [1.82, 2.24) is 0 Å². The normalized spacial score (nSPS) is 9.78. The largest absolute Gasteiger partial charge is 0.346 e. The minimum atomic E-state index is -0.431. The molecular weight excluding hydrogens is 248 g/mol. The van der Waals surface area contributed by atoms with E-state index in [-0.39, 0.29) is 5.69 Å². The van der Waals surface area contributed by atoms with Crippen LogP contribution in [-0.4, -0.2) is 9.91 Å². The number of nitro benzene ring substituents is 1. The fraction of sp³-hybridized carbons (Fsp3) is 0. The lowest BCUT2D eigenvalue weighted by molar-refractivity contribution is -0.384. The first-order valence-corrected chi connectivity index (χ1v) is 5.68. The molecule has 0 atom stereocenters. The molecule has 0 spiro atoms. The minimum Gasteiger partial charge on any atom is -0.346 e. The van der Waals surface area contributed by atoms with Crippen molar-refractivity contribution in [2.24, 2.45) is 0 Å². The van der Waals surface area contributed by atoms with Gasteiger partial charge in [-0.3, -0.25) is 10.1 Å². The number of hydrogen-bond acceptors (Lipinski definition) is 3. The molecule has 0 fully saturated rings. The number of non-ortho nitro benzene ring substituents is 1. The predicted octanol–water partition coefficient (Wildman–Crippen LogP) is 3.38. The fourth-order valence-corrected chi connectivity index (χ4v) is 1.71. The van der Waals surface area contributed by atoms with E-state index >= 15 is 0 Å². The molecule has 0 radical (unpaired) electrons. The number of rotatable bonds is 3.